The zero-order valence-corrected chi connectivity index (χ0v) is 11.7. The summed E-state index contributed by atoms with van der Waals surface area (Å²) in [6.45, 7) is 9.16. The largest absolute Gasteiger partial charge is 0.444 e. The Labute approximate surface area is 109 Å². The summed E-state index contributed by atoms with van der Waals surface area (Å²) in [4.78, 5) is 13.8. The van der Waals surface area contributed by atoms with Gasteiger partial charge in [-0.15, -0.1) is 0 Å². The Morgan fingerprint density at radius 3 is 2.39 bits per heavy atom. The normalized spacial score (nSPS) is 19.9. The van der Waals surface area contributed by atoms with E-state index in [2.05, 4.69) is 16.3 Å². The van der Waals surface area contributed by atoms with Crippen molar-refractivity contribution < 1.29 is 9.53 Å². The van der Waals surface area contributed by atoms with Gasteiger partial charge in [-0.25, -0.2) is 4.79 Å². The van der Waals surface area contributed by atoms with Crippen molar-refractivity contribution in [1.29, 1.82) is 5.26 Å². The summed E-state index contributed by atoms with van der Waals surface area (Å²) in [7, 11) is 0. The SMILES string of the molecule is CC(NC(=O)OC(C)(C)C)C(C#N)N1CCCC1. The number of amides is 1. The molecule has 1 aliphatic rings. The molecule has 18 heavy (non-hydrogen) atoms. The van der Waals surface area contributed by atoms with E-state index in [9.17, 15) is 10.1 Å². The Hall–Kier alpha value is -1.28. The van der Waals surface area contributed by atoms with Crippen molar-refractivity contribution in [3.8, 4) is 6.07 Å². The van der Waals surface area contributed by atoms with E-state index in [4.69, 9.17) is 4.74 Å². The summed E-state index contributed by atoms with van der Waals surface area (Å²) in [6, 6.07) is 1.76. The number of hydrogen-bond donors (Lipinski definition) is 1. The number of carbonyl (C=O) groups excluding carboxylic acids is 1. The number of hydrogen-bond acceptors (Lipinski definition) is 4. The maximum atomic E-state index is 11.6. The number of ether oxygens (including phenoxy) is 1. The maximum absolute atomic E-state index is 11.6. The van der Waals surface area contributed by atoms with Crippen LogP contribution in [-0.4, -0.2) is 41.8 Å². The van der Waals surface area contributed by atoms with E-state index in [-0.39, 0.29) is 12.1 Å². The highest BCUT2D eigenvalue weighted by molar-refractivity contribution is 5.68. The van der Waals surface area contributed by atoms with Crippen LogP contribution in [0.5, 0.6) is 0 Å². The van der Waals surface area contributed by atoms with Gasteiger partial charge in [0.25, 0.3) is 0 Å². The summed E-state index contributed by atoms with van der Waals surface area (Å²) in [5.74, 6) is 0. The van der Waals surface area contributed by atoms with Crippen LogP contribution < -0.4 is 5.32 Å². The second-order valence-corrected chi connectivity index (χ2v) is 5.75. The molecule has 5 nitrogen and oxygen atoms in total. The van der Waals surface area contributed by atoms with Crippen molar-refractivity contribution in [2.75, 3.05) is 13.1 Å². The van der Waals surface area contributed by atoms with Crippen LogP contribution in [0.15, 0.2) is 0 Å². The van der Waals surface area contributed by atoms with Gasteiger partial charge in [0.2, 0.25) is 0 Å². The molecule has 102 valence electrons. The number of nitriles is 1. The Bertz CT molecular complexity index is 324. The topological polar surface area (TPSA) is 65.4 Å². The average molecular weight is 253 g/mol. The number of rotatable bonds is 3. The number of alkyl carbamates (subject to hydrolysis) is 1. The quantitative estimate of drug-likeness (QED) is 0.834. The minimum atomic E-state index is -0.514. The fourth-order valence-electron chi connectivity index (χ4n) is 2.10. The summed E-state index contributed by atoms with van der Waals surface area (Å²) in [5.41, 5.74) is -0.514. The van der Waals surface area contributed by atoms with E-state index in [0.29, 0.717) is 0 Å². The molecule has 1 fully saturated rings. The lowest BCUT2D eigenvalue weighted by molar-refractivity contribution is 0.0488. The highest BCUT2D eigenvalue weighted by Gasteiger charge is 2.28. The smallest absolute Gasteiger partial charge is 0.407 e. The van der Waals surface area contributed by atoms with Gasteiger partial charge in [-0.2, -0.15) is 5.26 Å². The van der Waals surface area contributed by atoms with Crippen LogP contribution in [0.3, 0.4) is 0 Å². The van der Waals surface area contributed by atoms with E-state index in [1.54, 1.807) is 0 Å². The van der Waals surface area contributed by atoms with Crippen molar-refractivity contribution in [1.82, 2.24) is 10.2 Å². The predicted molar refractivity (Wildman–Crippen MR) is 69.0 cm³/mol. The van der Waals surface area contributed by atoms with Gasteiger partial charge in [0.15, 0.2) is 0 Å². The molecule has 0 aromatic carbocycles. The molecule has 0 spiro atoms. The lowest BCUT2D eigenvalue weighted by atomic mass is 10.1. The zero-order chi connectivity index (χ0) is 13.8. The molecule has 0 aromatic heterocycles. The molecule has 0 saturated carbocycles. The van der Waals surface area contributed by atoms with Gasteiger partial charge < -0.3 is 10.1 Å². The maximum Gasteiger partial charge on any atom is 0.407 e. The Balaban J connectivity index is 2.50. The third kappa shape index (κ3) is 4.53. The first-order valence-corrected chi connectivity index (χ1v) is 6.46. The van der Waals surface area contributed by atoms with E-state index in [1.165, 1.54) is 0 Å². The molecule has 2 unspecified atom stereocenters. The van der Waals surface area contributed by atoms with Gasteiger partial charge in [-0.1, -0.05) is 0 Å². The summed E-state index contributed by atoms with van der Waals surface area (Å²) in [5, 5.41) is 12.0. The minimum Gasteiger partial charge on any atom is -0.444 e. The van der Waals surface area contributed by atoms with Crippen LogP contribution >= 0.6 is 0 Å². The van der Waals surface area contributed by atoms with E-state index < -0.39 is 11.7 Å². The molecule has 2 atom stereocenters. The van der Waals surface area contributed by atoms with E-state index in [0.717, 1.165) is 25.9 Å². The minimum absolute atomic E-state index is 0.233. The first-order chi connectivity index (χ1) is 8.33. The van der Waals surface area contributed by atoms with Crippen LogP contribution in [0.25, 0.3) is 0 Å². The average Bonchev–Trinajstić information content (AvgIpc) is 2.68. The van der Waals surface area contributed by atoms with Crippen LogP contribution in [0.2, 0.25) is 0 Å². The molecule has 1 amide bonds. The molecule has 5 heteroatoms. The molecule has 1 heterocycles. The zero-order valence-electron chi connectivity index (χ0n) is 11.7. The van der Waals surface area contributed by atoms with Gasteiger partial charge in [0, 0.05) is 0 Å². The van der Waals surface area contributed by atoms with Crippen molar-refractivity contribution in [2.45, 2.75) is 58.2 Å². The van der Waals surface area contributed by atoms with Gasteiger partial charge in [0.1, 0.15) is 11.6 Å². The molecule has 0 bridgehead atoms. The number of carbonyl (C=O) groups is 1. The standard InChI is InChI=1S/C13H23N3O2/c1-10(15-12(17)18-13(2,3)4)11(9-14)16-7-5-6-8-16/h10-11H,5-8H2,1-4H3,(H,15,17). The predicted octanol–water partition coefficient (Wildman–Crippen LogP) is 1.89. The van der Waals surface area contributed by atoms with Crippen molar-refractivity contribution >= 4 is 6.09 Å². The first-order valence-electron chi connectivity index (χ1n) is 6.46. The third-order valence-corrected chi connectivity index (χ3v) is 2.88. The molecule has 0 radical (unpaired) electrons. The van der Waals surface area contributed by atoms with E-state index in [1.807, 2.05) is 27.7 Å². The Kier molecular flexibility index (Phi) is 4.97. The fourth-order valence-corrected chi connectivity index (χ4v) is 2.10. The molecular weight excluding hydrogens is 230 g/mol. The molecule has 1 saturated heterocycles. The van der Waals surface area contributed by atoms with Crippen LogP contribution in [0, 0.1) is 11.3 Å². The van der Waals surface area contributed by atoms with Crippen LogP contribution in [0.4, 0.5) is 4.79 Å². The highest BCUT2D eigenvalue weighted by Crippen LogP contribution is 2.14. The van der Waals surface area contributed by atoms with Crippen molar-refractivity contribution in [3.63, 3.8) is 0 Å². The molecule has 1 rings (SSSR count). The highest BCUT2D eigenvalue weighted by atomic mass is 16.6. The van der Waals surface area contributed by atoms with E-state index >= 15 is 0 Å². The van der Waals surface area contributed by atoms with Gasteiger partial charge in [-0.3, -0.25) is 4.90 Å². The van der Waals surface area contributed by atoms with Crippen molar-refractivity contribution in [2.24, 2.45) is 0 Å². The van der Waals surface area contributed by atoms with Crippen molar-refractivity contribution in [3.05, 3.63) is 0 Å². The molecule has 0 aromatic rings. The molecule has 1 N–H and O–H groups in total. The summed E-state index contributed by atoms with van der Waals surface area (Å²) < 4.78 is 5.19. The lowest BCUT2D eigenvalue weighted by Crippen LogP contribution is -2.49. The van der Waals surface area contributed by atoms with Gasteiger partial charge in [-0.05, 0) is 53.6 Å². The Morgan fingerprint density at radius 1 is 1.39 bits per heavy atom. The van der Waals surface area contributed by atoms with Crippen LogP contribution in [-0.2, 0) is 4.74 Å². The summed E-state index contributed by atoms with van der Waals surface area (Å²) in [6.07, 6.45) is 1.78. The Morgan fingerprint density at radius 2 is 1.94 bits per heavy atom. The monoisotopic (exact) mass is 253 g/mol. The number of likely N-dealkylation sites (tertiary alicyclic amines) is 1. The van der Waals surface area contributed by atoms with Gasteiger partial charge in [0.05, 0.1) is 12.1 Å². The molecular formula is C13H23N3O2. The lowest BCUT2D eigenvalue weighted by Gasteiger charge is -2.28. The first kappa shape index (κ1) is 14.8. The van der Waals surface area contributed by atoms with Crippen LogP contribution in [0.1, 0.15) is 40.5 Å². The van der Waals surface area contributed by atoms with Gasteiger partial charge >= 0.3 is 6.09 Å². The number of nitrogens with one attached hydrogen (secondary N) is 1. The summed E-state index contributed by atoms with van der Waals surface area (Å²) >= 11 is 0. The third-order valence-electron chi connectivity index (χ3n) is 2.88. The number of nitrogens with zero attached hydrogens (tertiary/aromatic N) is 2. The fraction of sp³-hybridized carbons (Fsp3) is 0.846. The second-order valence-electron chi connectivity index (χ2n) is 5.75. The molecule has 0 aliphatic carbocycles. The second kappa shape index (κ2) is 6.05. The molecule has 1 aliphatic heterocycles.